The molecule has 0 amide bonds. The number of fused-ring (bicyclic) bond motifs is 1. The van der Waals surface area contributed by atoms with E-state index in [1.807, 2.05) is 60.9 Å². The zero-order valence-electron chi connectivity index (χ0n) is 13.2. The molecule has 0 aliphatic rings. The number of thioether (sulfide) groups is 1. The number of esters is 1. The summed E-state index contributed by atoms with van der Waals surface area (Å²) < 4.78 is 5.34. The van der Waals surface area contributed by atoms with Crippen LogP contribution in [0.2, 0.25) is 5.15 Å². The first kappa shape index (κ1) is 16.8. The van der Waals surface area contributed by atoms with Crippen LogP contribution >= 0.6 is 23.4 Å². The molecule has 1 heterocycles. The normalized spacial score (nSPS) is 10.8. The number of nitrogens with zero attached hydrogens (tertiary/aromatic N) is 1. The molecule has 0 atom stereocenters. The average Bonchev–Trinajstić information content (AvgIpc) is 2.60. The van der Waals surface area contributed by atoms with Crippen molar-refractivity contribution in [3.63, 3.8) is 0 Å². The second-order valence-corrected chi connectivity index (χ2v) is 6.56. The van der Waals surface area contributed by atoms with Gasteiger partial charge in [-0.2, -0.15) is 0 Å². The summed E-state index contributed by atoms with van der Waals surface area (Å²) in [6.07, 6.45) is 2.26. The Kier molecular flexibility index (Phi) is 5.38. The van der Waals surface area contributed by atoms with Crippen LogP contribution in [-0.2, 0) is 22.6 Å². The Morgan fingerprint density at radius 2 is 1.96 bits per heavy atom. The highest BCUT2D eigenvalue weighted by molar-refractivity contribution is 7.98. The summed E-state index contributed by atoms with van der Waals surface area (Å²) >= 11 is 7.89. The van der Waals surface area contributed by atoms with Crippen LogP contribution in [0.25, 0.3) is 10.9 Å². The lowest BCUT2D eigenvalue weighted by Gasteiger charge is -2.08. The quantitative estimate of drug-likeness (QED) is 0.370. The second-order valence-electron chi connectivity index (χ2n) is 5.32. The molecule has 5 heteroatoms. The summed E-state index contributed by atoms with van der Waals surface area (Å²) in [5.74, 6) is -0.282. The molecule has 0 unspecified atom stereocenters. The van der Waals surface area contributed by atoms with Gasteiger partial charge in [0.25, 0.3) is 0 Å². The molecule has 0 saturated heterocycles. The van der Waals surface area contributed by atoms with Gasteiger partial charge in [-0.1, -0.05) is 48.0 Å². The molecule has 0 bridgehead atoms. The molecular formula is C19H16ClNO2S. The summed E-state index contributed by atoms with van der Waals surface area (Å²) in [4.78, 5) is 17.5. The smallest absolute Gasteiger partial charge is 0.310 e. The molecule has 0 radical (unpaired) electrons. The predicted octanol–water partition coefficient (Wildman–Crippen LogP) is 4.90. The van der Waals surface area contributed by atoms with E-state index in [0.29, 0.717) is 10.7 Å². The van der Waals surface area contributed by atoms with Gasteiger partial charge in [0.05, 0.1) is 11.9 Å². The first-order chi connectivity index (χ1) is 11.7. The van der Waals surface area contributed by atoms with Crippen LogP contribution in [0.3, 0.4) is 0 Å². The van der Waals surface area contributed by atoms with Gasteiger partial charge in [0.1, 0.15) is 11.8 Å². The lowest BCUT2D eigenvalue weighted by Crippen LogP contribution is -2.08. The minimum Gasteiger partial charge on any atom is -0.460 e. The molecule has 0 fully saturated rings. The fraction of sp³-hybridized carbons (Fsp3) is 0.158. The second kappa shape index (κ2) is 7.69. The number of aromatic nitrogens is 1. The van der Waals surface area contributed by atoms with Crippen molar-refractivity contribution in [2.75, 3.05) is 6.26 Å². The van der Waals surface area contributed by atoms with Crippen LogP contribution in [0, 0.1) is 0 Å². The fourth-order valence-electron chi connectivity index (χ4n) is 2.37. The molecule has 3 rings (SSSR count). The van der Waals surface area contributed by atoms with E-state index in [0.717, 1.165) is 21.4 Å². The van der Waals surface area contributed by atoms with E-state index in [1.54, 1.807) is 11.8 Å². The molecule has 0 aliphatic carbocycles. The van der Waals surface area contributed by atoms with Crippen molar-refractivity contribution in [2.24, 2.45) is 0 Å². The molecular weight excluding hydrogens is 342 g/mol. The monoisotopic (exact) mass is 357 g/mol. The molecule has 0 spiro atoms. The van der Waals surface area contributed by atoms with Crippen molar-refractivity contribution in [3.8, 4) is 0 Å². The van der Waals surface area contributed by atoms with Crippen LogP contribution in [-0.4, -0.2) is 17.2 Å². The van der Waals surface area contributed by atoms with Gasteiger partial charge in [0, 0.05) is 15.8 Å². The molecule has 122 valence electrons. The third-order valence-corrected chi connectivity index (χ3v) is 4.68. The van der Waals surface area contributed by atoms with Gasteiger partial charge >= 0.3 is 5.97 Å². The topological polar surface area (TPSA) is 39.2 Å². The molecule has 3 nitrogen and oxygen atoms in total. The Balaban J connectivity index is 1.70. The van der Waals surface area contributed by atoms with E-state index in [4.69, 9.17) is 16.3 Å². The Labute approximate surface area is 150 Å². The van der Waals surface area contributed by atoms with E-state index >= 15 is 0 Å². The maximum atomic E-state index is 12.0. The van der Waals surface area contributed by atoms with Gasteiger partial charge in [0.15, 0.2) is 0 Å². The number of halogens is 1. The summed E-state index contributed by atoms with van der Waals surface area (Å²) in [7, 11) is 0. The Morgan fingerprint density at radius 3 is 2.71 bits per heavy atom. The van der Waals surface area contributed by atoms with Crippen molar-refractivity contribution in [3.05, 3.63) is 70.9 Å². The van der Waals surface area contributed by atoms with Gasteiger partial charge in [-0.15, -0.1) is 11.8 Å². The van der Waals surface area contributed by atoms with E-state index in [2.05, 4.69) is 4.98 Å². The van der Waals surface area contributed by atoms with Crippen LogP contribution in [0.15, 0.2) is 59.5 Å². The number of benzene rings is 2. The lowest BCUT2D eigenvalue weighted by atomic mass is 10.1. The standard InChI is InChI=1S/C19H16ClNO2S/c1-24-16-8-7-14-10-15(19(20)21-17(14)11-16)12-23-18(22)9-13-5-3-2-4-6-13/h2-8,10-11H,9,12H2,1H3. The number of hydrogen-bond donors (Lipinski definition) is 0. The highest BCUT2D eigenvalue weighted by Gasteiger charge is 2.10. The van der Waals surface area contributed by atoms with Crippen molar-refractivity contribution in [2.45, 2.75) is 17.9 Å². The average molecular weight is 358 g/mol. The van der Waals surface area contributed by atoms with E-state index < -0.39 is 0 Å². The summed E-state index contributed by atoms with van der Waals surface area (Å²) in [5, 5.41) is 1.35. The minimum absolute atomic E-state index is 0.123. The highest BCUT2D eigenvalue weighted by atomic mass is 35.5. The predicted molar refractivity (Wildman–Crippen MR) is 98.5 cm³/mol. The minimum atomic E-state index is -0.282. The van der Waals surface area contributed by atoms with Gasteiger partial charge < -0.3 is 4.74 Å². The maximum Gasteiger partial charge on any atom is 0.310 e. The van der Waals surface area contributed by atoms with Crippen LogP contribution in [0.4, 0.5) is 0 Å². The number of carbonyl (C=O) groups is 1. The fourth-order valence-corrected chi connectivity index (χ4v) is 3.00. The van der Waals surface area contributed by atoms with Crippen LogP contribution < -0.4 is 0 Å². The largest absolute Gasteiger partial charge is 0.460 e. The molecule has 0 saturated carbocycles. The Morgan fingerprint density at radius 1 is 1.17 bits per heavy atom. The number of pyridine rings is 1. The molecule has 0 N–H and O–H groups in total. The van der Waals surface area contributed by atoms with Crippen molar-refractivity contribution in [1.82, 2.24) is 4.98 Å². The molecule has 3 aromatic rings. The van der Waals surface area contributed by atoms with Crippen molar-refractivity contribution in [1.29, 1.82) is 0 Å². The van der Waals surface area contributed by atoms with Gasteiger partial charge in [-0.05, 0) is 30.0 Å². The van der Waals surface area contributed by atoms with Crippen molar-refractivity contribution < 1.29 is 9.53 Å². The number of rotatable bonds is 5. The Bertz CT molecular complexity index is 868. The first-order valence-electron chi connectivity index (χ1n) is 7.48. The number of ether oxygens (including phenoxy) is 1. The van der Waals surface area contributed by atoms with Gasteiger partial charge in [0.2, 0.25) is 0 Å². The zero-order valence-corrected chi connectivity index (χ0v) is 14.7. The third kappa shape index (κ3) is 4.08. The number of hydrogen-bond acceptors (Lipinski definition) is 4. The molecule has 0 aliphatic heterocycles. The van der Waals surface area contributed by atoms with E-state index in [1.165, 1.54) is 0 Å². The number of carbonyl (C=O) groups excluding carboxylic acids is 1. The zero-order chi connectivity index (χ0) is 16.9. The summed E-state index contributed by atoms with van der Waals surface area (Å²) in [5.41, 5.74) is 2.48. The molecule has 1 aromatic heterocycles. The van der Waals surface area contributed by atoms with Gasteiger partial charge in [-0.25, -0.2) is 4.98 Å². The highest BCUT2D eigenvalue weighted by Crippen LogP contribution is 2.25. The maximum absolute atomic E-state index is 12.0. The van der Waals surface area contributed by atoms with Gasteiger partial charge in [-0.3, -0.25) is 4.79 Å². The molecule has 24 heavy (non-hydrogen) atoms. The van der Waals surface area contributed by atoms with Crippen molar-refractivity contribution >= 4 is 40.2 Å². The SMILES string of the molecule is CSc1ccc2cc(COC(=O)Cc3ccccc3)c(Cl)nc2c1. The summed E-state index contributed by atoms with van der Waals surface area (Å²) in [6, 6.07) is 17.5. The Hall–Kier alpha value is -2.04. The summed E-state index contributed by atoms with van der Waals surface area (Å²) in [6.45, 7) is 0.123. The van der Waals surface area contributed by atoms with Crippen LogP contribution in [0.5, 0.6) is 0 Å². The van der Waals surface area contributed by atoms with E-state index in [-0.39, 0.29) is 19.0 Å². The lowest BCUT2D eigenvalue weighted by molar-refractivity contribution is -0.144. The third-order valence-electron chi connectivity index (χ3n) is 3.63. The molecule has 2 aromatic carbocycles. The first-order valence-corrected chi connectivity index (χ1v) is 9.08. The van der Waals surface area contributed by atoms with Crippen LogP contribution in [0.1, 0.15) is 11.1 Å². The van der Waals surface area contributed by atoms with E-state index in [9.17, 15) is 4.79 Å².